The number of anilines is 1. The summed E-state index contributed by atoms with van der Waals surface area (Å²) in [7, 11) is 0. The predicted octanol–water partition coefficient (Wildman–Crippen LogP) is 2.56. The second kappa shape index (κ2) is 4.11. The topological polar surface area (TPSA) is 29.5 Å². The van der Waals surface area contributed by atoms with Crippen molar-refractivity contribution in [2.45, 2.75) is 13.0 Å². The Labute approximate surface area is 93.6 Å². The molecule has 0 bridgehead atoms. The number of carbonyl (C=O) groups excluding carboxylic acids is 1. The number of ether oxygens (including phenoxy) is 1. The van der Waals surface area contributed by atoms with Crippen LogP contribution in [0.5, 0.6) is 0 Å². The summed E-state index contributed by atoms with van der Waals surface area (Å²) in [6.07, 6.45) is -0.509. The molecule has 1 aliphatic rings. The highest BCUT2D eigenvalue weighted by molar-refractivity contribution is 6.18. The smallest absolute Gasteiger partial charge is 0.414 e. The summed E-state index contributed by atoms with van der Waals surface area (Å²) in [5.74, 6) is 0.341. The molecule has 15 heavy (non-hydrogen) atoms. The van der Waals surface area contributed by atoms with Crippen LogP contribution in [0.4, 0.5) is 10.5 Å². The number of hydrogen-bond donors (Lipinski definition) is 0. The van der Waals surface area contributed by atoms with Gasteiger partial charge in [-0.05, 0) is 19.1 Å². The first kappa shape index (κ1) is 10.3. The zero-order valence-electron chi connectivity index (χ0n) is 8.44. The van der Waals surface area contributed by atoms with Crippen molar-refractivity contribution in [1.82, 2.24) is 0 Å². The van der Waals surface area contributed by atoms with Gasteiger partial charge in [-0.1, -0.05) is 17.7 Å². The average molecular weight is 226 g/mol. The van der Waals surface area contributed by atoms with Crippen LogP contribution in [0.1, 0.15) is 5.56 Å². The molecule has 0 radical (unpaired) electrons. The Morgan fingerprint density at radius 1 is 1.47 bits per heavy atom. The van der Waals surface area contributed by atoms with Gasteiger partial charge in [0, 0.05) is 5.69 Å². The van der Waals surface area contributed by atoms with Gasteiger partial charge in [-0.15, -0.1) is 11.6 Å². The molecule has 2 rings (SSSR count). The molecule has 1 aliphatic heterocycles. The molecule has 0 aromatic heterocycles. The summed E-state index contributed by atoms with van der Waals surface area (Å²) in [5, 5.41) is 0. The van der Waals surface area contributed by atoms with Gasteiger partial charge in [0.25, 0.3) is 0 Å². The van der Waals surface area contributed by atoms with E-state index in [0.717, 1.165) is 5.69 Å². The first-order valence-electron chi connectivity index (χ1n) is 4.81. The van der Waals surface area contributed by atoms with Crippen molar-refractivity contribution < 1.29 is 9.53 Å². The van der Waals surface area contributed by atoms with Crippen molar-refractivity contribution in [3.63, 3.8) is 0 Å². The average Bonchev–Trinajstić information content (AvgIpc) is 2.61. The molecule has 1 aromatic carbocycles. The van der Waals surface area contributed by atoms with Gasteiger partial charge in [0.2, 0.25) is 0 Å². The van der Waals surface area contributed by atoms with Crippen LogP contribution in [0, 0.1) is 6.92 Å². The van der Waals surface area contributed by atoms with Crippen LogP contribution >= 0.6 is 11.6 Å². The van der Waals surface area contributed by atoms with Gasteiger partial charge in [-0.25, -0.2) is 4.79 Å². The summed E-state index contributed by atoms with van der Waals surface area (Å²) < 4.78 is 5.06. The third kappa shape index (κ3) is 2.07. The maximum Gasteiger partial charge on any atom is 0.414 e. The van der Waals surface area contributed by atoms with E-state index in [4.69, 9.17) is 16.3 Å². The minimum absolute atomic E-state index is 0.194. The van der Waals surface area contributed by atoms with E-state index in [-0.39, 0.29) is 12.2 Å². The first-order valence-corrected chi connectivity index (χ1v) is 5.35. The van der Waals surface area contributed by atoms with Crippen LogP contribution in [-0.2, 0) is 4.74 Å². The third-order valence-corrected chi connectivity index (χ3v) is 2.74. The molecular weight excluding hydrogens is 214 g/mol. The lowest BCUT2D eigenvalue weighted by Crippen LogP contribution is -2.24. The molecule has 3 nitrogen and oxygen atoms in total. The van der Waals surface area contributed by atoms with E-state index in [1.165, 1.54) is 5.56 Å². The molecule has 0 saturated carbocycles. The highest BCUT2D eigenvalue weighted by Crippen LogP contribution is 2.22. The summed E-state index contributed by atoms with van der Waals surface area (Å²) in [6, 6.07) is 7.76. The highest BCUT2D eigenvalue weighted by atomic mass is 35.5. The third-order valence-electron chi connectivity index (χ3n) is 2.39. The van der Waals surface area contributed by atoms with E-state index >= 15 is 0 Å². The van der Waals surface area contributed by atoms with Gasteiger partial charge in [-0.3, -0.25) is 4.90 Å². The summed E-state index contributed by atoms with van der Waals surface area (Å²) in [5.41, 5.74) is 2.03. The monoisotopic (exact) mass is 225 g/mol. The molecule has 4 heteroatoms. The molecule has 1 amide bonds. The van der Waals surface area contributed by atoms with Crippen LogP contribution in [0.3, 0.4) is 0 Å². The van der Waals surface area contributed by atoms with Crippen LogP contribution in [0.25, 0.3) is 0 Å². The number of rotatable bonds is 2. The van der Waals surface area contributed by atoms with Gasteiger partial charge >= 0.3 is 6.09 Å². The van der Waals surface area contributed by atoms with Crippen LogP contribution in [0.2, 0.25) is 0 Å². The largest absolute Gasteiger partial charge is 0.443 e. The molecule has 1 unspecified atom stereocenters. The highest BCUT2D eigenvalue weighted by Gasteiger charge is 2.31. The Hall–Kier alpha value is -1.22. The SMILES string of the molecule is Cc1ccc(N2CC(CCl)OC2=O)cc1. The van der Waals surface area contributed by atoms with Gasteiger partial charge in [0.05, 0.1) is 12.4 Å². The molecule has 1 fully saturated rings. The zero-order chi connectivity index (χ0) is 10.8. The predicted molar refractivity (Wildman–Crippen MR) is 59.5 cm³/mol. The van der Waals surface area contributed by atoms with E-state index in [1.807, 2.05) is 31.2 Å². The summed E-state index contributed by atoms with van der Waals surface area (Å²) >= 11 is 5.65. The van der Waals surface area contributed by atoms with Crippen molar-refractivity contribution in [2.24, 2.45) is 0 Å². The molecule has 1 atom stereocenters. The Bertz CT molecular complexity index is 363. The minimum Gasteiger partial charge on any atom is -0.443 e. The summed E-state index contributed by atoms with van der Waals surface area (Å²) in [6.45, 7) is 2.54. The Morgan fingerprint density at radius 3 is 2.67 bits per heavy atom. The van der Waals surface area contributed by atoms with E-state index in [2.05, 4.69) is 0 Å². The lowest BCUT2D eigenvalue weighted by Gasteiger charge is -2.12. The van der Waals surface area contributed by atoms with E-state index in [9.17, 15) is 4.79 Å². The molecule has 1 heterocycles. The maximum atomic E-state index is 11.5. The Balaban J connectivity index is 2.18. The summed E-state index contributed by atoms with van der Waals surface area (Å²) in [4.78, 5) is 13.1. The van der Waals surface area contributed by atoms with Crippen LogP contribution in [0.15, 0.2) is 24.3 Å². The Morgan fingerprint density at radius 2 is 2.13 bits per heavy atom. The van der Waals surface area contributed by atoms with Gasteiger partial charge in [0.1, 0.15) is 6.10 Å². The lowest BCUT2D eigenvalue weighted by atomic mass is 10.2. The molecule has 80 valence electrons. The maximum absolute atomic E-state index is 11.5. The van der Waals surface area contributed by atoms with Gasteiger partial charge in [-0.2, -0.15) is 0 Å². The lowest BCUT2D eigenvalue weighted by molar-refractivity contribution is 0.151. The number of nitrogens with zero attached hydrogens (tertiary/aromatic N) is 1. The van der Waals surface area contributed by atoms with Crippen molar-refractivity contribution in [1.29, 1.82) is 0 Å². The minimum atomic E-state index is -0.315. The quantitative estimate of drug-likeness (QED) is 0.724. The molecule has 0 spiro atoms. The molecule has 0 N–H and O–H groups in total. The molecule has 1 aromatic rings. The second-order valence-corrected chi connectivity index (χ2v) is 3.91. The van der Waals surface area contributed by atoms with Crippen LogP contribution in [-0.4, -0.2) is 24.6 Å². The van der Waals surface area contributed by atoms with Crippen LogP contribution < -0.4 is 4.90 Å². The second-order valence-electron chi connectivity index (χ2n) is 3.61. The number of carbonyl (C=O) groups is 1. The van der Waals surface area contributed by atoms with Gasteiger partial charge < -0.3 is 4.74 Å². The number of benzene rings is 1. The zero-order valence-corrected chi connectivity index (χ0v) is 9.20. The number of amides is 1. The fourth-order valence-electron chi connectivity index (χ4n) is 1.54. The molecule has 0 aliphatic carbocycles. The molecule has 1 saturated heterocycles. The number of hydrogen-bond acceptors (Lipinski definition) is 2. The number of alkyl halides is 1. The normalized spacial score (nSPS) is 20.5. The fourth-order valence-corrected chi connectivity index (χ4v) is 1.70. The van der Waals surface area contributed by atoms with Crippen molar-refractivity contribution in [3.8, 4) is 0 Å². The standard InChI is InChI=1S/C11H12ClNO2/c1-8-2-4-9(5-3-8)13-7-10(6-12)15-11(13)14/h2-5,10H,6-7H2,1H3. The van der Waals surface area contributed by atoms with Crippen molar-refractivity contribution in [3.05, 3.63) is 29.8 Å². The van der Waals surface area contributed by atoms with Gasteiger partial charge in [0.15, 0.2) is 0 Å². The van der Waals surface area contributed by atoms with Crippen molar-refractivity contribution >= 4 is 23.4 Å². The first-order chi connectivity index (χ1) is 7.20. The Kier molecular flexibility index (Phi) is 2.82. The van der Waals surface area contributed by atoms with E-state index in [0.29, 0.717) is 12.4 Å². The van der Waals surface area contributed by atoms with E-state index < -0.39 is 0 Å². The number of aryl methyl sites for hydroxylation is 1. The number of halogens is 1. The molecular formula is C11H12ClNO2. The number of cyclic esters (lactones) is 1. The van der Waals surface area contributed by atoms with E-state index in [1.54, 1.807) is 4.90 Å². The fraction of sp³-hybridized carbons (Fsp3) is 0.364. The van der Waals surface area contributed by atoms with Crippen molar-refractivity contribution in [2.75, 3.05) is 17.3 Å².